The SMILES string of the molecule is NC1c2cc(F)ccc2NC2CCNCC21. The second-order valence-electron chi connectivity index (χ2n) is 4.66. The van der Waals surface area contributed by atoms with Crippen LogP contribution in [0, 0.1) is 11.7 Å². The van der Waals surface area contributed by atoms with E-state index < -0.39 is 0 Å². The number of rotatable bonds is 0. The van der Waals surface area contributed by atoms with Gasteiger partial charge in [-0.2, -0.15) is 0 Å². The van der Waals surface area contributed by atoms with Crippen molar-refractivity contribution in [2.45, 2.75) is 18.5 Å². The molecule has 4 N–H and O–H groups in total. The number of fused-ring (bicyclic) bond motifs is 2. The highest BCUT2D eigenvalue weighted by molar-refractivity contribution is 5.56. The van der Waals surface area contributed by atoms with Crippen molar-refractivity contribution in [1.29, 1.82) is 0 Å². The smallest absolute Gasteiger partial charge is 0.123 e. The van der Waals surface area contributed by atoms with Crippen molar-refractivity contribution in [3.05, 3.63) is 29.6 Å². The lowest BCUT2D eigenvalue weighted by Crippen LogP contribution is -2.51. The Morgan fingerprint density at radius 2 is 2.25 bits per heavy atom. The Bertz CT molecular complexity index is 407. The van der Waals surface area contributed by atoms with E-state index >= 15 is 0 Å². The predicted octanol–water partition coefficient (Wildman–Crippen LogP) is 1.23. The Hall–Kier alpha value is -1.13. The zero-order valence-corrected chi connectivity index (χ0v) is 9.04. The Morgan fingerprint density at radius 1 is 1.38 bits per heavy atom. The van der Waals surface area contributed by atoms with Crippen LogP contribution in [0.15, 0.2) is 18.2 Å². The third kappa shape index (κ3) is 1.49. The molecule has 3 atom stereocenters. The van der Waals surface area contributed by atoms with E-state index in [0.29, 0.717) is 12.0 Å². The van der Waals surface area contributed by atoms with Crippen LogP contribution in [0.2, 0.25) is 0 Å². The van der Waals surface area contributed by atoms with Crippen LogP contribution in [0.4, 0.5) is 10.1 Å². The Balaban J connectivity index is 2.00. The van der Waals surface area contributed by atoms with Crippen LogP contribution in [-0.4, -0.2) is 19.1 Å². The first-order chi connectivity index (χ1) is 7.75. The highest BCUT2D eigenvalue weighted by atomic mass is 19.1. The van der Waals surface area contributed by atoms with Gasteiger partial charge in [-0.15, -0.1) is 0 Å². The van der Waals surface area contributed by atoms with Crippen molar-refractivity contribution in [1.82, 2.24) is 5.32 Å². The number of halogens is 1. The first-order valence-electron chi connectivity index (χ1n) is 5.78. The number of benzene rings is 1. The van der Waals surface area contributed by atoms with Crippen molar-refractivity contribution in [2.24, 2.45) is 11.7 Å². The van der Waals surface area contributed by atoms with Gasteiger partial charge in [-0.1, -0.05) is 0 Å². The molecule has 0 saturated carbocycles. The summed E-state index contributed by atoms with van der Waals surface area (Å²) in [5, 5.41) is 6.82. The lowest BCUT2D eigenvalue weighted by Gasteiger charge is -2.42. The number of hydrogen-bond donors (Lipinski definition) is 3. The zero-order chi connectivity index (χ0) is 11.1. The molecule has 0 aromatic heterocycles. The fourth-order valence-electron chi connectivity index (χ4n) is 2.81. The van der Waals surface area contributed by atoms with Gasteiger partial charge in [0, 0.05) is 30.2 Å². The largest absolute Gasteiger partial charge is 0.382 e. The van der Waals surface area contributed by atoms with Crippen molar-refractivity contribution in [3.63, 3.8) is 0 Å². The summed E-state index contributed by atoms with van der Waals surface area (Å²) in [5.74, 6) is 0.154. The summed E-state index contributed by atoms with van der Waals surface area (Å²) in [4.78, 5) is 0. The van der Waals surface area contributed by atoms with Gasteiger partial charge in [0.25, 0.3) is 0 Å². The van der Waals surface area contributed by atoms with Gasteiger partial charge in [-0.05, 0) is 36.7 Å². The number of piperidine rings is 1. The van der Waals surface area contributed by atoms with Gasteiger partial charge in [0.2, 0.25) is 0 Å². The van der Waals surface area contributed by atoms with E-state index in [0.717, 1.165) is 30.8 Å². The number of anilines is 1. The fraction of sp³-hybridized carbons (Fsp3) is 0.500. The summed E-state index contributed by atoms with van der Waals surface area (Å²) in [7, 11) is 0. The topological polar surface area (TPSA) is 50.1 Å². The summed E-state index contributed by atoms with van der Waals surface area (Å²) in [6.07, 6.45) is 1.08. The quantitative estimate of drug-likeness (QED) is 0.617. The molecule has 0 amide bonds. The van der Waals surface area contributed by atoms with Gasteiger partial charge >= 0.3 is 0 Å². The van der Waals surface area contributed by atoms with E-state index in [4.69, 9.17) is 5.73 Å². The zero-order valence-electron chi connectivity index (χ0n) is 9.04. The molecule has 1 aromatic carbocycles. The van der Waals surface area contributed by atoms with Crippen LogP contribution in [0.25, 0.3) is 0 Å². The summed E-state index contributed by atoms with van der Waals surface area (Å²) in [6.45, 7) is 1.94. The van der Waals surface area contributed by atoms with E-state index in [2.05, 4.69) is 10.6 Å². The summed E-state index contributed by atoms with van der Waals surface area (Å²) in [6, 6.07) is 5.19. The van der Waals surface area contributed by atoms with Crippen molar-refractivity contribution in [2.75, 3.05) is 18.4 Å². The lowest BCUT2D eigenvalue weighted by molar-refractivity contribution is 0.287. The van der Waals surface area contributed by atoms with Crippen LogP contribution in [0.3, 0.4) is 0 Å². The minimum Gasteiger partial charge on any atom is -0.382 e. The molecule has 2 aliphatic rings. The molecular formula is C12H16FN3. The molecule has 0 radical (unpaired) electrons. The van der Waals surface area contributed by atoms with Crippen LogP contribution in [-0.2, 0) is 0 Å². The Labute approximate surface area is 94.2 Å². The van der Waals surface area contributed by atoms with Crippen LogP contribution >= 0.6 is 0 Å². The molecular weight excluding hydrogens is 205 g/mol. The molecule has 86 valence electrons. The number of nitrogens with two attached hydrogens (primary N) is 1. The molecule has 1 fully saturated rings. The number of hydrogen-bond acceptors (Lipinski definition) is 3. The van der Waals surface area contributed by atoms with Gasteiger partial charge in [-0.3, -0.25) is 0 Å². The summed E-state index contributed by atoms with van der Waals surface area (Å²) >= 11 is 0. The van der Waals surface area contributed by atoms with Gasteiger partial charge in [0.15, 0.2) is 0 Å². The van der Waals surface area contributed by atoms with Crippen molar-refractivity contribution >= 4 is 5.69 Å². The summed E-state index contributed by atoms with van der Waals surface area (Å²) in [5.41, 5.74) is 8.13. The maximum Gasteiger partial charge on any atom is 0.123 e. The highest BCUT2D eigenvalue weighted by Crippen LogP contribution is 2.37. The Kier molecular flexibility index (Phi) is 2.33. The van der Waals surface area contributed by atoms with E-state index in [1.807, 2.05) is 0 Å². The average molecular weight is 221 g/mol. The maximum absolute atomic E-state index is 13.2. The minimum atomic E-state index is -0.210. The summed E-state index contributed by atoms with van der Waals surface area (Å²) < 4.78 is 13.2. The van der Waals surface area contributed by atoms with Crippen LogP contribution < -0.4 is 16.4 Å². The first kappa shape index (κ1) is 10.1. The van der Waals surface area contributed by atoms with Gasteiger partial charge in [-0.25, -0.2) is 4.39 Å². The third-order valence-electron chi connectivity index (χ3n) is 3.70. The molecule has 1 saturated heterocycles. The van der Waals surface area contributed by atoms with E-state index in [1.165, 1.54) is 6.07 Å². The fourth-order valence-corrected chi connectivity index (χ4v) is 2.81. The van der Waals surface area contributed by atoms with E-state index in [1.54, 1.807) is 12.1 Å². The molecule has 2 aliphatic heterocycles. The molecule has 0 spiro atoms. The minimum absolute atomic E-state index is 0.0650. The number of nitrogens with one attached hydrogen (secondary N) is 2. The van der Waals surface area contributed by atoms with E-state index in [-0.39, 0.29) is 11.9 Å². The molecule has 1 aromatic rings. The second-order valence-corrected chi connectivity index (χ2v) is 4.66. The molecule has 0 bridgehead atoms. The molecule has 16 heavy (non-hydrogen) atoms. The molecule has 3 rings (SSSR count). The normalized spacial score (nSPS) is 32.5. The average Bonchev–Trinajstić information content (AvgIpc) is 2.31. The molecule has 3 unspecified atom stereocenters. The second kappa shape index (κ2) is 3.71. The first-order valence-corrected chi connectivity index (χ1v) is 5.78. The van der Waals surface area contributed by atoms with Gasteiger partial charge in [0.1, 0.15) is 5.82 Å². The van der Waals surface area contributed by atoms with Crippen molar-refractivity contribution in [3.8, 4) is 0 Å². The Morgan fingerprint density at radius 3 is 3.12 bits per heavy atom. The monoisotopic (exact) mass is 221 g/mol. The highest BCUT2D eigenvalue weighted by Gasteiger charge is 2.35. The van der Waals surface area contributed by atoms with E-state index in [9.17, 15) is 4.39 Å². The molecule has 3 nitrogen and oxygen atoms in total. The molecule has 2 heterocycles. The standard InChI is InChI=1S/C12H16FN3/c13-7-1-2-10-8(5-7)12(14)9-6-15-4-3-11(9)16-10/h1-2,5,9,11-12,15-16H,3-4,6,14H2. The third-order valence-corrected chi connectivity index (χ3v) is 3.70. The van der Waals surface area contributed by atoms with Crippen LogP contribution in [0.5, 0.6) is 0 Å². The molecule has 4 heteroatoms. The maximum atomic E-state index is 13.2. The molecule has 0 aliphatic carbocycles. The van der Waals surface area contributed by atoms with Gasteiger partial charge in [0.05, 0.1) is 0 Å². The lowest BCUT2D eigenvalue weighted by atomic mass is 9.80. The van der Waals surface area contributed by atoms with Gasteiger partial charge < -0.3 is 16.4 Å². The van der Waals surface area contributed by atoms with Crippen LogP contribution in [0.1, 0.15) is 18.0 Å². The van der Waals surface area contributed by atoms with Crippen molar-refractivity contribution < 1.29 is 4.39 Å². The predicted molar refractivity (Wildman–Crippen MR) is 61.7 cm³/mol.